The van der Waals surface area contributed by atoms with E-state index in [2.05, 4.69) is 18.7 Å². The van der Waals surface area contributed by atoms with Gasteiger partial charge in [-0.1, -0.05) is 6.92 Å². The lowest BCUT2D eigenvalue weighted by molar-refractivity contribution is -0.131. The topological polar surface area (TPSA) is 49.6 Å². The van der Waals surface area contributed by atoms with E-state index in [-0.39, 0.29) is 6.04 Å². The van der Waals surface area contributed by atoms with Gasteiger partial charge in [0.25, 0.3) is 0 Å². The molecule has 0 bridgehead atoms. The highest BCUT2D eigenvalue weighted by molar-refractivity contribution is 5.77. The van der Waals surface area contributed by atoms with Crippen molar-refractivity contribution in [3.63, 3.8) is 0 Å². The van der Waals surface area contributed by atoms with Gasteiger partial charge >= 0.3 is 0 Å². The predicted molar refractivity (Wildman–Crippen MR) is 73.2 cm³/mol. The van der Waals surface area contributed by atoms with Gasteiger partial charge in [-0.05, 0) is 32.1 Å². The summed E-state index contributed by atoms with van der Waals surface area (Å²) in [7, 11) is 0. The molecule has 2 aliphatic rings. The lowest BCUT2D eigenvalue weighted by Gasteiger charge is -2.31. The van der Waals surface area contributed by atoms with E-state index in [0.717, 1.165) is 38.4 Å². The molecular formula is C14H27N3O. The first kappa shape index (κ1) is 13.8. The molecule has 0 aromatic heterocycles. The molecular weight excluding hydrogens is 226 g/mol. The Labute approximate surface area is 110 Å². The molecule has 2 saturated heterocycles. The third-order valence-corrected chi connectivity index (χ3v) is 4.44. The number of rotatable bonds is 4. The Morgan fingerprint density at radius 3 is 2.50 bits per heavy atom. The molecule has 0 aromatic rings. The normalized spacial score (nSPS) is 30.9. The van der Waals surface area contributed by atoms with E-state index in [0.29, 0.717) is 24.9 Å². The van der Waals surface area contributed by atoms with Gasteiger partial charge in [0, 0.05) is 44.7 Å². The van der Waals surface area contributed by atoms with Crippen LogP contribution >= 0.6 is 0 Å². The molecule has 2 fully saturated rings. The summed E-state index contributed by atoms with van der Waals surface area (Å²) >= 11 is 0. The molecule has 2 heterocycles. The highest BCUT2D eigenvalue weighted by Gasteiger charge is 2.33. The zero-order valence-electron chi connectivity index (χ0n) is 11.8. The van der Waals surface area contributed by atoms with Crippen molar-refractivity contribution in [3.8, 4) is 0 Å². The zero-order valence-corrected chi connectivity index (χ0v) is 11.8. The molecule has 0 radical (unpaired) electrons. The number of likely N-dealkylation sites (tertiary alicyclic amines) is 2. The fraction of sp³-hybridized carbons (Fsp3) is 0.929. The Bertz CT molecular complexity index is 289. The van der Waals surface area contributed by atoms with E-state index in [4.69, 9.17) is 5.73 Å². The van der Waals surface area contributed by atoms with Crippen LogP contribution in [-0.2, 0) is 4.79 Å². The lowest BCUT2D eigenvalue weighted by atomic mass is 10.1. The number of amides is 1. The number of hydrogen-bond donors (Lipinski definition) is 1. The van der Waals surface area contributed by atoms with Gasteiger partial charge in [-0.3, -0.25) is 9.69 Å². The standard InChI is InChI=1S/C14H27N3O/c1-11-7-12(2)17(10-11)13(9-15)8-14(18)16-5-3-4-6-16/h11-13H,3-10,15H2,1-2H3. The van der Waals surface area contributed by atoms with Crippen molar-refractivity contribution in [2.75, 3.05) is 26.2 Å². The summed E-state index contributed by atoms with van der Waals surface area (Å²) in [6, 6.07) is 0.804. The maximum absolute atomic E-state index is 12.2. The second-order valence-corrected chi connectivity index (χ2v) is 6.07. The van der Waals surface area contributed by atoms with Crippen LogP contribution in [0.5, 0.6) is 0 Å². The van der Waals surface area contributed by atoms with Crippen LogP contribution in [0.2, 0.25) is 0 Å². The fourth-order valence-corrected chi connectivity index (χ4v) is 3.47. The van der Waals surface area contributed by atoms with E-state index in [1.54, 1.807) is 0 Å². The highest BCUT2D eigenvalue weighted by Crippen LogP contribution is 2.26. The van der Waals surface area contributed by atoms with Gasteiger partial charge in [0.05, 0.1) is 0 Å². The first-order chi connectivity index (χ1) is 8.61. The summed E-state index contributed by atoms with van der Waals surface area (Å²) in [4.78, 5) is 16.7. The maximum Gasteiger partial charge on any atom is 0.224 e. The molecule has 4 heteroatoms. The largest absolute Gasteiger partial charge is 0.343 e. The highest BCUT2D eigenvalue weighted by atomic mass is 16.2. The van der Waals surface area contributed by atoms with Gasteiger partial charge in [-0.15, -0.1) is 0 Å². The average molecular weight is 253 g/mol. The molecule has 0 aromatic carbocycles. The van der Waals surface area contributed by atoms with Crippen LogP contribution in [0.1, 0.15) is 39.5 Å². The van der Waals surface area contributed by atoms with E-state index < -0.39 is 0 Å². The van der Waals surface area contributed by atoms with Gasteiger partial charge in [-0.25, -0.2) is 0 Å². The fourth-order valence-electron chi connectivity index (χ4n) is 3.47. The maximum atomic E-state index is 12.2. The second kappa shape index (κ2) is 6.02. The SMILES string of the molecule is CC1CC(C)N(C(CN)CC(=O)N2CCCC2)C1. The van der Waals surface area contributed by atoms with Crippen LogP contribution in [0.25, 0.3) is 0 Å². The van der Waals surface area contributed by atoms with E-state index in [1.807, 2.05) is 4.90 Å². The monoisotopic (exact) mass is 253 g/mol. The molecule has 0 saturated carbocycles. The first-order valence-corrected chi connectivity index (χ1v) is 7.35. The Kier molecular flexibility index (Phi) is 4.62. The number of carbonyl (C=O) groups is 1. The Morgan fingerprint density at radius 1 is 1.33 bits per heavy atom. The van der Waals surface area contributed by atoms with Crippen molar-refractivity contribution in [2.24, 2.45) is 11.7 Å². The number of hydrogen-bond acceptors (Lipinski definition) is 3. The molecule has 3 atom stereocenters. The molecule has 0 aliphatic carbocycles. The number of carbonyl (C=O) groups excluding carboxylic acids is 1. The van der Waals surface area contributed by atoms with Crippen molar-refractivity contribution in [1.29, 1.82) is 0 Å². The second-order valence-electron chi connectivity index (χ2n) is 6.07. The number of nitrogens with two attached hydrogens (primary N) is 1. The van der Waals surface area contributed by atoms with Crippen LogP contribution < -0.4 is 5.73 Å². The lowest BCUT2D eigenvalue weighted by Crippen LogP contribution is -2.46. The Hall–Kier alpha value is -0.610. The molecule has 18 heavy (non-hydrogen) atoms. The zero-order chi connectivity index (χ0) is 13.1. The first-order valence-electron chi connectivity index (χ1n) is 7.35. The summed E-state index contributed by atoms with van der Waals surface area (Å²) in [6.07, 6.45) is 4.16. The minimum absolute atomic E-state index is 0.234. The molecule has 3 unspecified atom stereocenters. The average Bonchev–Trinajstić information content (AvgIpc) is 2.95. The smallest absolute Gasteiger partial charge is 0.224 e. The molecule has 2 N–H and O–H groups in total. The van der Waals surface area contributed by atoms with Crippen LogP contribution in [0, 0.1) is 5.92 Å². The van der Waals surface area contributed by atoms with Gasteiger partial charge in [0.2, 0.25) is 5.91 Å². The van der Waals surface area contributed by atoms with Crippen molar-refractivity contribution in [3.05, 3.63) is 0 Å². The predicted octanol–water partition coefficient (Wildman–Crippen LogP) is 1.06. The van der Waals surface area contributed by atoms with Crippen LogP contribution in [-0.4, -0.2) is 54.0 Å². The van der Waals surface area contributed by atoms with Crippen molar-refractivity contribution < 1.29 is 4.79 Å². The molecule has 104 valence electrons. The molecule has 4 nitrogen and oxygen atoms in total. The summed E-state index contributed by atoms with van der Waals surface area (Å²) in [5.41, 5.74) is 5.89. The minimum atomic E-state index is 0.234. The summed E-state index contributed by atoms with van der Waals surface area (Å²) in [5, 5.41) is 0. The molecule has 2 rings (SSSR count). The number of nitrogens with zero attached hydrogens (tertiary/aromatic N) is 2. The van der Waals surface area contributed by atoms with Crippen molar-refractivity contribution in [2.45, 2.75) is 51.6 Å². The van der Waals surface area contributed by atoms with E-state index in [9.17, 15) is 4.79 Å². The quantitative estimate of drug-likeness (QED) is 0.815. The van der Waals surface area contributed by atoms with Crippen LogP contribution in [0.4, 0.5) is 0 Å². The van der Waals surface area contributed by atoms with Gasteiger partial charge in [0.15, 0.2) is 0 Å². The van der Waals surface area contributed by atoms with E-state index >= 15 is 0 Å². The third kappa shape index (κ3) is 3.04. The van der Waals surface area contributed by atoms with Gasteiger partial charge in [-0.2, -0.15) is 0 Å². The third-order valence-electron chi connectivity index (χ3n) is 4.44. The van der Waals surface area contributed by atoms with Crippen molar-refractivity contribution >= 4 is 5.91 Å². The van der Waals surface area contributed by atoms with Crippen LogP contribution in [0.3, 0.4) is 0 Å². The van der Waals surface area contributed by atoms with Crippen molar-refractivity contribution in [1.82, 2.24) is 9.80 Å². The van der Waals surface area contributed by atoms with Gasteiger partial charge in [0.1, 0.15) is 0 Å². The summed E-state index contributed by atoms with van der Waals surface area (Å²) in [5.74, 6) is 1.03. The Morgan fingerprint density at radius 2 is 2.00 bits per heavy atom. The summed E-state index contributed by atoms with van der Waals surface area (Å²) < 4.78 is 0. The minimum Gasteiger partial charge on any atom is -0.343 e. The molecule has 1 amide bonds. The molecule has 2 aliphatic heterocycles. The van der Waals surface area contributed by atoms with Crippen LogP contribution in [0.15, 0.2) is 0 Å². The Balaban J connectivity index is 1.90. The molecule has 0 spiro atoms. The summed E-state index contributed by atoms with van der Waals surface area (Å²) in [6.45, 7) is 8.12. The van der Waals surface area contributed by atoms with Gasteiger partial charge < -0.3 is 10.6 Å². The van der Waals surface area contributed by atoms with E-state index in [1.165, 1.54) is 6.42 Å².